The van der Waals surface area contributed by atoms with Crippen molar-refractivity contribution in [2.45, 2.75) is 45.8 Å². The van der Waals surface area contributed by atoms with Gasteiger partial charge in [0.15, 0.2) is 0 Å². The highest BCUT2D eigenvalue weighted by Gasteiger charge is 2.53. The summed E-state index contributed by atoms with van der Waals surface area (Å²) in [5.41, 5.74) is 6.07. The first kappa shape index (κ1) is 20.6. The van der Waals surface area contributed by atoms with E-state index in [2.05, 4.69) is 113 Å². The molecule has 1 saturated heterocycles. The Morgan fingerprint density at radius 3 is 1.63 bits per heavy atom. The van der Waals surface area contributed by atoms with E-state index in [0.717, 1.165) is 22.2 Å². The minimum Gasteiger partial charge on any atom is -0.399 e. The summed E-state index contributed by atoms with van der Waals surface area (Å²) in [5.74, 6) is 0. The smallest absolute Gasteiger partial charge is 0.399 e. The van der Waals surface area contributed by atoms with Gasteiger partial charge in [0.25, 0.3) is 0 Å². The summed E-state index contributed by atoms with van der Waals surface area (Å²) in [7, 11) is -0.466. The van der Waals surface area contributed by atoms with Crippen LogP contribution in [0.1, 0.15) is 49.9 Å². The lowest BCUT2D eigenvalue weighted by molar-refractivity contribution is 0.00578. The third kappa shape index (κ3) is 3.76. The zero-order valence-electron chi connectivity index (χ0n) is 18.5. The van der Waals surface area contributed by atoms with Gasteiger partial charge < -0.3 is 9.31 Å². The van der Waals surface area contributed by atoms with Gasteiger partial charge in [0, 0.05) is 0 Å². The van der Waals surface area contributed by atoms with Gasteiger partial charge in [-0.15, -0.1) is 0 Å². The minimum absolute atomic E-state index is 0.411. The Bertz CT molecular complexity index is 1040. The molecule has 0 unspecified atom stereocenters. The monoisotopic (exact) mass is 396 g/mol. The fourth-order valence-electron chi connectivity index (χ4n) is 3.89. The zero-order valence-corrected chi connectivity index (χ0v) is 18.5. The van der Waals surface area contributed by atoms with Gasteiger partial charge in [0.1, 0.15) is 0 Å². The lowest BCUT2D eigenvalue weighted by atomic mass is 9.68. The Morgan fingerprint density at radius 2 is 1.10 bits per heavy atom. The molecule has 0 N–H and O–H groups in total. The highest BCUT2D eigenvalue weighted by molar-refractivity contribution is 6.71. The maximum absolute atomic E-state index is 6.56. The van der Waals surface area contributed by atoms with Crippen LogP contribution >= 0.6 is 0 Å². The molecule has 0 saturated carbocycles. The van der Waals surface area contributed by atoms with Crippen molar-refractivity contribution in [1.29, 1.82) is 0 Å². The quantitative estimate of drug-likeness (QED) is 0.366. The van der Waals surface area contributed by atoms with Crippen LogP contribution in [0, 0.1) is 6.92 Å². The third-order valence-electron chi connectivity index (χ3n) is 6.32. The van der Waals surface area contributed by atoms with E-state index in [1.54, 1.807) is 0 Å². The average Bonchev–Trinajstić information content (AvgIpc) is 2.95. The second kappa shape index (κ2) is 7.90. The van der Waals surface area contributed by atoms with Crippen molar-refractivity contribution in [1.82, 2.24) is 0 Å². The average molecular weight is 396 g/mol. The first-order valence-corrected chi connectivity index (χ1v) is 10.6. The highest BCUT2D eigenvalue weighted by atomic mass is 16.7. The van der Waals surface area contributed by atoms with Crippen LogP contribution in [-0.2, 0) is 9.31 Å². The van der Waals surface area contributed by atoms with Gasteiger partial charge >= 0.3 is 7.12 Å². The fraction of sp³-hybridized carbons (Fsp3) is 0.259. The molecule has 4 rings (SSSR count). The molecule has 0 atom stereocenters. The van der Waals surface area contributed by atoms with Gasteiger partial charge in [-0.3, -0.25) is 0 Å². The van der Waals surface area contributed by atoms with E-state index in [4.69, 9.17) is 9.31 Å². The molecule has 3 aromatic carbocycles. The number of hydrogen-bond acceptors (Lipinski definition) is 2. The molecule has 152 valence electrons. The van der Waals surface area contributed by atoms with E-state index in [9.17, 15) is 0 Å². The predicted molar refractivity (Wildman–Crippen MR) is 126 cm³/mol. The second-order valence-corrected chi connectivity index (χ2v) is 8.92. The van der Waals surface area contributed by atoms with Gasteiger partial charge in [-0.1, -0.05) is 84.9 Å². The normalized spacial score (nSPS) is 18.2. The highest BCUT2D eigenvalue weighted by Crippen LogP contribution is 2.44. The largest absolute Gasteiger partial charge is 0.496 e. The molecule has 1 heterocycles. The fourth-order valence-corrected chi connectivity index (χ4v) is 3.89. The number of rotatable bonds is 4. The summed E-state index contributed by atoms with van der Waals surface area (Å²) < 4.78 is 13.1. The summed E-state index contributed by atoms with van der Waals surface area (Å²) >= 11 is 0. The Balaban J connectivity index is 2.04. The van der Waals surface area contributed by atoms with E-state index < -0.39 is 18.3 Å². The van der Waals surface area contributed by atoms with Crippen LogP contribution in [0.5, 0.6) is 0 Å². The second-order valence-electron chi connectivity index (χ2n) is 8.92. The van der Waals surface area contributed by atoms with Gasteiger partial charge in [0.2, 0.25) is 0 Å². The molecule has 3 heteroatoms. The van der Waals surface area contributed by atoms with Crippen LogP contribution < -0.4 is 0 Å². The molecule has 30 heavy (non-hydrogen) atoms. The summed E-state index contributed by atoms with van der Waals surface area (Å²) in [6.07, 6.45) is 0. The van der Waals surface area contributed by atoms with E-state index in [0.29, 0.717) is 0 Å². The number of aryl methyl sites for hydroxylation is 1. The topological polar surface area (TPSA) is 18.5 Å². The molecule has 0 spiro atoms. The lowest BCUT2D eigenvalue weighted by Crippen LogP contribution is -2.41. The van der Waals surface area contributed by atoms with E-state index in [1.165, 1.54) is 11.1 Å². The molecule has 1 aliphatic rings. The standard InChI is InChI=1S/C27H29BO2/c1-20-14-12-13-19-23(20)24(21-15-8-6-9-16-21)25(22-17-10-7-11-18-22)28-29-26(2,3)27(4,5)30-28/h6-19H,1-5H3/b25-24+. The summed E-state index contributed by atoms with van der Waals surface area (Å²) in [5, 5.41) is 0. The van der Waals surface area contributed by atoms with Gasteiger partial charge in [-0.05, 0) is 67.9 Å². The third-order valence-corrected chi connectivity index (χ3v) is 6.32. The Hall–Kier alpha value is -2.62. The Morgan fingerprint density at radius 1 is 0.633 bits per heavy atom. The van der Waals surface area contributed by atoms with Crippen LogP contribution in [0.2, 0.25) is 0 Å². The molecule has 0 aliphatic carbocycles. The molecule has 1 aliphatic heterocycles. The van der Waals surface area contributed by atoms with E-state index >= 15 is 0 Å². The minimum atomic E-state index is -0.466. The molecular weight excluding hydrogens is 367 g/mol. The van der Waals surface area contributed by atoms with Gasteiger partial charge in [0.05, 0.1) is 11.2 Å². The van der Waals surface area contributed by atoms with E-state index in [1.807, 2.05) is 6.07 Å². The van der Waals surface area contributed by atoms with Crippen LogP contribution in [-0.4, -0.2) is 18.3 Å². The summed E-state index contributed by atoms with van der Waals surface area (Å²) in [4.78, 5) is 0. The first-order chi connectivity index (χ1) is 14.3. The molecule has 0 radical (unpaired) electrons. The maximum atomic E-state index is 6.56. The first-order valence-electron chi connectivity index (χ1n) is 10.6. The molecule has 1 fully saturated rings. The maximum Gasteiger partial charge on any atom is 0.496 e. The van der Waals surface area contributed by atoms with Crippen molar-refractivity contribution in [2.75, 3.05) is 0 Å². The predicted octanol–water partition coefficient (Wildman–Crippen LogP) is 6.59. The lowest BCUT2D eigenvalue weighted by Gasteiger charge is -2.32. The summed E-state index contributed by atoms with van der Waals surface area (Å²) in [6.45, 7) is 10.6. The van der Waals surface area contributed by atoms with Crippen molar-refractivity contribution < 1.29 is 9.31 Å². The Kier molecular flexibility index (Phi) is 5.44. The molecule has 0 bridgehead atoms. The van der Waals surface area contributed by atoms with Gasteiger partial charge in [-0.25, -0.2) is 0 Å². The molecule has 3 aromatic rings. The molecule has 2 nitrogen and oxygen atoms in total. The molecule has 0 aromatic heterocycles. The summed E-state index contributed by atoms with van der Waals surface area (Å²) in [6, 6.07) is 29.5. The van der Waals surface area contributed by atoms with Crippen molar-refractivity contribution in [2.24, 2.45) is 0 Å². The molecule has 0 amide bonds. The van der Waals surface area contributed by atoms with E-state index in [-0.39, 0.29) is 0 Å². The van der Waals surface area contributed by atoms with Crippen molar-refractivity contribution >= 4 is 18.2 Å². The van der Waals surface area contributed by atoms with Crippen molar-refractivity contribution in [3.8, 4) is 0 Å². The molecular formula is C27H29BO2. The van der Waals surface area contributed by atoms with Gasteiger partial charge in [-0.2, -0.15) is 0 Å². The van der Waals surface area contributed by atoms with Crippen molar-refractivity contribution in [3.63, 3.8) is 0 Å². The van der Waals surface area contributed by atoms with Crippen LogP contribution in [0.4, 0.5) is 0 Å². The van der Waals surface area contributed by atoms with Crippen LogP contribution in [0.25, 0.3) is 11.0 Å². The Labute approximate surface area is 180 Å². The SMILES string of the molecule is Cc1ccccc1/C(=C(/B1OC(C)(C)C(C)(C)O1)c1ccccc1)c1ccccc1. The number of benzene rings is 3. The van der Waals surface area contributed by atoms with Crippen molar-refractivity contribution in [3.05, 3.63) is 107 Å². The van der Waals surface area contributed by atoms with Crippen LogP contribution in [0.15, 0.2) is 84.9 Å². The number of hydrogen-bond donors (Lipinski definition) is 0. The van der Waals surface area contributed by atoms with Crippen LogP contribution in [0.3, 0.4) is 0 Å². The zero-order chi connectivity index (χ0) is 21.4.